The SMILES string of the molecule is CC(C[C@@H]1CCC[C@@]2(S(=O)(=O)c3ccc(Cl)cc3)c3c(F)ccc(F)c3OCC12)OS(C)(=O)=O. The summed E-state index contributed by atoms with van der Waals surface area (Å²) in [6.07, 6.45) is 1.47. The van der Waals surface area contributed by atoms with E-state index in [1.807, 2.05) is 0 Å². The zero-order valence-electron chi connectivity index (χ0n) is 18.6. The van der Waals surface area contributed by atoms with Crippen molar-refractivity contribution in [3.63, 3.8) is 0 Å². The normalized spacial score (nSPS) is 25.7. The summed E-state index contributed by atoms with van der Waals surface area (Å²) in [6, 6.07) is 7.41. The Kier molecular flexibility index (Phi) is 6.74. The number of halogens is 3. The van der Waals surface area contributed by atoms with Crippen molar-refractivity contribution in [3.05, 3.63) is 58.6 Å². The highest BCUT2D eigenvalue weighted by Crippen LogP contribution is 2.58. The van der Waals surface area contributed by atoms with Crippen LogP contribution in [0.1, 0.15) is 38.2 Å². The van der Waals surface area contributed by atoms with Crippen molar-refractivity contribution in [1.82, 2.24) is 0 Å². The molecule has 11 heteroatoms. The highest BCUT2D eigenvalue weighted by molar-refractivity contribution is 7.92. The molecule has 1 aliphatic heterocycles. The van der Waals surface area contributed by atoms with Crippen LogP contribution in [0, 0.1) is 23.5 Å². The van der Waals surface area contributed by atoms with Gasteiger partial charge in [-0.1, -0.05) is 18.0 Å². The number of rotatable bonds is 6. The molecule has 186 valence electrons. The molecule has 0 amide bonds. The molecule has 1 heterocycles. The minimum absolute atomic E-state index is 0.0560. The largest absolute Gasteiger partial charge is 0.490 e. The van der Waals surface area contributed by atoms with Crippen molar-refractivity contribution in [2.75, 3.05) is 12.9 Å². The first-order chi connectivity index (χ1) is 15.9. The monoisotopic (exact) mass is 534 g/mol. The lowest BCUT2D eigenvalue weighted by Crippen LogP contribution is -2.54. The van der Waals surface area contributed by atoms with E-state index in [9.17, 15) is 21.2 Å². The van der Waals surface area contributed by atoms with Gasteiger partial charge in [-0.25, -0.2) is 17.2 Å². The fourth-order valence-electron chi connectivity index (χ4n) is 5.56. The summed E-state index contributed by atoms with van der Waals surface area (Å²) in [4.78, 5) is -0.0560. The van der Waals surface area contributed by atoms with Crippen LogP contribution in [0.2, 0.25) is 5.02 Å². The van der Waals surface area contributed by atoms with Gasteiger partial charge in [0.1, 0.15) is 10.6 Å². The number of sulfone groups is 1. The molecular weight excluding hydrogens is 510 g/mol. The Labute approximate surface area is 203 Å². The van der Waals surface area contributed by atoms with E-state index < -0.39 is 54.1 Å². The molecule has 2 aromatic carbocycles. The van der Waals surface area contributed by atoms with E-state index in [1.165, 1.54) is 24.3 Å². The molecule has 1 aliphatic carbocycles. The average molecular weight is 535 g/mol. The van der Waals surface area contributed by atoms with Crippen LogP contribution in [0.25, 0.3) is 0 Å². The number of benzene rings is 2. The number of ether oxygens (including phenoxy) is 1. The summed E-state index contributed by atoms with van der Waals surface area (Å²) in [5.74, 6) is -3.22. The summed E-state index contributed by atoms with van der Waals surface area (Å²) in [6.45, 7) is 1.43. The minimum atomic E-state index is -4.26. The Morgan fingerprint density at radius 3 is 2.41 bits per heavy atom. The maximum absolute atomic E-state index is 15.4. The van der Waals surface area contributed by atoms with Crippen LogP contribution in [-0.2, 0) is 28.9 Å². The lowest BCUT2D eigenvalue weighted by atomic mass is 9.66. The summed E-state index contributed by atoms with van der Waals surface area (Å²) >= 11 is 5.96. The van der Waals surface area contributed by atoms with Crippen LogP contribution in [-0.4, -0.2) is 35.8 Å². The van der Waals surface area contributed by atoms with Crippen LogP contribution in [0.3, 0.4) is 0 Å². The van der Waals surface area contributed by atoms with E-state index in [2.05, 4.69) is 0 Å². The van der Waals surface area contributed by atoms with Crippen molar-refractivity contribution < 1.29 is 34.5 Å². The summed E-state index contributed by atoms with van der Waals surface area (Å²) < 4.78 is 90.7. The Morgan fingerprint density at radius 1 is 1.12 bits per heavy atom. The van der Waals surface area contributed by atoms with E-state index in [0.717, 1.165) is 18.4 Å². The zero-order chi connectivity index (χ0) is 24.9. The van der Waals surface area contributed by atoms with Gasteiger partial charge in [0.2, 0.25) is 0 Å². The smallest absolute Gasteiger partial charge is 0.264 e. The van der Waals surface area contributed by atoms with Crippen LogP contribution in [0.4, 0.5) is 8.78 Å². The second-order valence-corrected chi connectivity index (χ2v) is 13.2. The molecule has 6 nitrogen and oxygen atoms in total. The third-order valence-electron chi connectivity index (χ3n) is 6.76. The third-order valence-corrected chi connectivity index (χ3v) is 10.3. The van der Waals surface area contributed by atoms with E-state index in [1.54, 1.807) is 6.92 Å². The van der Waals surface area contributed by atoms with Gasteiger partial charge < -0.3 is 4.74 Å². The molecule has 2 aromatic rings. The second kappa shape index (κ2) is 9.04. The van der Waals surface area contributed by atoms with Gasteiger partial charge in [0.25, 0.3) is 10.1 Å². The van der Waals surface area contributed by atoms with Gasteiger partial charge in [-0.15, -0.1) is 0 Å². The fraction of sp³-hybridized carbons (Fsp3) is 0.478. The van der Waals surface area contributed by atoms with E-state index >= 15 is 4.39 Å². The van der Waals surface area contributed by atoms with Gasteiger partial charge in [-0.2, -0.15) is 8.42 Å². The predicted octanol–water partition coefficient (Wildman–Crippen LogP) is 4.85. The molecule has 2 unspecified atom stereocenters. The summed E-state index contributed by atoms with van der Waals surface area (Å²) in [5.41, 5.74) is -0.305. The van der Waals surface area contributed by atoms with Crippen molar-refractivity contribution in [1.29, 1.82) is 0 Å². The first-order valence-corrected chi connectivity index (χ1v) is 14.5. The maximum Gasteiger partial charge on any atom is 0.264 e. The van der Waals surface area contributed by atoms with Crippen LogP contribution >= 0.6 is 11.6 Å². The van der Waals surface area contributed by atoms with Gasteiger partial charge in [-0.05, 0) is 68.5 Å². The molecule has 0 saturated heterocycles. The van der Waals surface area contributed by atoms with Crippen LogP contribution in [0.5, 0.6) is 5.75 Å². The van der Waals surface area contributed by atoms with Crippen LogP contribution < -0.4 is 4.74 Å². The van der Waals surface area contributed by atoms with Gasteiger partial charge in [0, 0.05) is 10.9 Å². The minimum Gasteiger partial charge on any atom is -0.490 e. The molecule has 4 atom stereocenters. The first-order valence-electron chi connectivity index (χ1n) is 10.9. The number of fused-ring (bicyclic) bond motifs is 3. The Balaban J connectivity index is 1.90. The third kappa shape index (κ3) is 4.34. The Bertz CT molecular complexity index is 1300. The summed E-state index contributed by atoms with van der Waals surface area (Å²) in [7, 11) is -7.99. The molecular formula is C23H25ClF2O6S2. The van der Waals surface area contributed by atoms with E-state index in [4.69, 9.17) is 20.5 Å². The van der Waals surface area contributed by atoms with Gasteiger partial charge >= 0.3 is 0 Å². The fourth-order valence-corrected chi connectivity index (χ4v) is 8.80. The van der Waals surface area contributed by atoms with Gasteiger partial charge in [0.15, 0.2) is 21.4 Å². The topological polar surface area (TPSA) is 86.7 Å². The maximum atomic E-state index is 15.4. The van der Waals surface area contributed by atoms with Crippen molar-refractivity contribution in [2.24, 2.45) is 11.8 Å². The number of hydrogen-bond acceptors (Lipinski definition) is 6. The van der Waals surface area contributed by atoms with E-state index in [-0.39, 0.29) is 35.8 Å². The molecule has 0 bridgehead atoms. The lowest BCUT2D eigenvalue weighted by Gasteiger charge is -2.50. The van der Waals surface area contributed by atoms with Crippen molar-refractivity contribution in [3.8, 4) is 5.75 Å². The standard InChI is InChI=1S/C23H25ClF2O6S2/c1-14(32-33(2,27)28)12-15-4-3-11-23(34(29,30)17-7-5-16(24)6-8-17)18(15)13-31-22-20(26)10-9-19(25)21(22)23/h5-10,14-15,18H,3-4,11-13H2,1-2H3/t14?,15-,18?,23-/m0/s1. The molecule has 2 aliphatic rings. The molecule has 1 saturated carbocycles. The molecule has 1 fully saturated rings. The van der Waals surface area contributed by atoms with Gasteiger partial charge in [0.05, 0.1) is 29.4 Å². The summed E-state index contributed by atoms with van der Waals surface area (Å²) in [5, 5.41) is 0.339. The lowest BCUT2D eigenvalue weighted by molar-refractivity contribution is 0.0517. The highest BCUT2D eigenvalue weighted by Gasteiger charge is 2.60. The Hall–Kier alpha value is -1.75. The predicted molar refractivity (Wildman–Crippen MR) is 123 cm³/mol. The number of hydrogen-bond donors (Lipinski definition) is 0. The second-order valence-electron chi connectivity index (χ2n) is 9.00. The molecule has 0 aromatic heterocycles. The molecule has 0 radical (unpaired) electrons. The zero-order valence-corrected chi connectivity index (χ0v) is 21.0. The molecule has 0 N–H and O–H groups in total. The Morgan fingerprint density at radius 2 is 1.76 bits per heavy atom. The van der Waals surface area contributed by atoms with Crippen molar-refractivity contribution >= 4 is 31.6 Å². The first kappa shape index (κ1) is 25.3. The molecule has 4 rings (SSSR count). The molecule has 0 spiro atoms. The quantitative estimate of drug-likeness (QED) is 0.492. The average Bonchev–Trinajstić information content (AvgIpc) is 2.74. The van der Waals surface area contributed by atoms with E-state index in [0.29, 0.717) is 17.9 Å². The van der Waals surface area contributed by atoms with Gasteiger partial charge in [-0.3, -0.25) is 4.18 Å². The highest BCUT2D eigenvalue weighted by atomic mass is 35.5. The molecule has 34 heavy (non-hydrogen) atoms. The van der Waals surface area contributed by atoms with Crippen molar-refractivity contribution in [2.45, 2.75) is 48.4 Å². The van der Waals surface area contributed by atoms with Crippen LogP contribution in [0.15, 0.2) is 41.3 Å².